The molecule has 1 atom stereocenters. The Morgan fingerprint density at radius 3 is 2.89 bits per heavy atom. The lowest BCUT2D eigenvalue weighted by molar-refractivity contribution is -0.120. The number of rotatable bonds is 3. The summed E-state index contributed by atoms with van der Waals surface area (Å²) in [7, 11) is -3.20. The summed E-state index contributed by atoms with van der Waals surface area (Å²) in [6.07, 6.45) is 3.42. The van der Waals surface area contributed by atoms with Crippen LogP contribution in [-0.4, -0.2) is 33.2 Å². The first-order chi connectivity index (χ1) is 8.95. The van der Waals surface area contributed by atoms with Crippen LogP contribution in [-0.2, 0) is 14.6 Å². The van der Waals surface area contributed by atoms with Gasteiger partial charge in [0.2, 0.25) is 5.91 Å². The SMILES string of the molecule is CS(=O)(=O)c1cccc(NC2CCCNC(=O)C2)c1. The van der Waals surface area contributed by atoms with Crippen LogP contribution in [0.1, 0.15) is 19.3 Å². The molecular weight excluding hydrogens is 264 g/mol. The lowest BCUT2D eigenvalue weighted by Crippen LogP contribution is -2.26. The van der Waals surface area contributed by atoms with E-state index >= 15 is 0 Å². The lowest BCUT2D eigenvalue weighted by atomic mass is 10.1. The monoisotopic (exact) mass is 282 g/mol. The molecule has 1 heterocycles. The van der Waals surface area contributed by atoms with E-state index in [2.05, 4.69) is 10.6 Å². The van der Waals surface area contributed by atoms with Crippen LogP contribution in [0, 0.1) is 0 Å². The van der Waals surface area contributed by atoms with E-state index in [1.54, 1.807) is 18.2 Å². The summed E-state index contributed by atoms with van der Waals surface area (Å²) in [4.78, 5) is 11.8. The van der Waals surface area contributed by atoms with Gasteiger partial charge in [0.25, 0.3) is 0 Å². The Kier molecular flexibility index (Phi) is 4.09. The van der Waals surface area contributed by atoms with Crippen molar-refractivity contribution in [1.29, 1.82) is 0 Å². The van der Waals surface area contributed by atoms with Gasteiger partial charge in [0.15, 0.2) is 9.84 Å². The van der Waals surface area contributed by atoms with E-state index < -0.39 is 9.84 Å². The first-order valence-corrected chi connectivity index (χ1v) is 8.17. The minimum atomic E-state index is -3.20. The maximum Gasteiger partial charge on any atom is 0.222 e. The third-order valence-electron chi connectivity index (χ3n) is 3.12. The second-order valence-corrected chi connectivity index (χ2v) is 6.85. The van der Waals surface area contributed by atoms with Crippen LogP contribution in [0.15, 0.2) is 29.2 Å². The number of hydrogen-bond acceptors (Lipinski definition) is 4. The molecule has 2 N–H and O–H groups in total. The summed E-state index contributed by atoms with van der Waals surface area (Å²) in [5.74, 6) is 0.0364. The number of nitrogens with one attached hydrogen (secondary N) is 2. The molecule has 0 bridgehead atoms. The maximum atomic E-state index is 11.5. The van der Waals surface area contributed by atoms with Gasteiger partial charge in [0.1, 0.15) is 0 Å². The van der Waals surface area contributed by atoms with Crippen LogP contribution < -0.4 is 10.6 Å². The van der Waals surface area contributed by atoms with E-state index in [1.807, 2.05) is 6.07 Å². The summed E-state index contributed by atoms with van der Waals surface area (Å²) in [6, 6.07) is 6.75. The highest BCUT2D eigenvalue weighted by molar-refractivity contribution is 7.90. The summed E-state index contributed by atoms with van der Waals surface area (Å²) in [5, 5.41) is 6.06. The smallest absolute Gasteiger partial charge is 0.222 e. The predicted molar refractivity (Wildman–Crippen MR) is 73.8 cm³/mol. The summed E-state index contributed by atoms with van der Waals surface area (Å²) in [5.41, 5.74) is 0.739. The van der Waals surface area contributed by atoms with Crippen molar-refractivity contribution in [2.75, 3.05) is 18.1 Å². The highest BCUT2D eigenvalue weighted by atomic mass is 32.2. The standard InChI is InChI=1S/C13H18N2O3S/c1-19(17,18)12-6-2-4-10(8-12)15-11-5-3-7-14-13(16)9-11/h2,4,6,8,11,15H,3,5,7,9H2,1H3,(H,14,16). The molecule has 1 unspecified atom stereocenters. The topological polar surface area (TPSA) is 75.3 Å². The minimum absolute atomic E-state index is 0.0364. The van der Waals surface area contributed by atoms with Gasteiger partial charge in [-0.25, -0.2) is 8.42 Å². The average molecular weight is 282 g/mol. The van der Waals surface area contributed by atoms with Crippen LogP contribution in [0.5, 0.6) is 0 Å². The number of carbonyl (C=O) groups excluding carboxylic acids is 1. The Morgan fingerprint density at radius 1 is 1.37 bits per heavy atom. The Labute approximate surface area is 113 Å². The van der Waals surface area contributed by atoms with E-state index in [4.69, 9.17) is 0 Å². The van der Waals surface area contributed by atoms with Gasteiger partial charge in [-0.15, -0.1) is 0 Å². The van der Waals surface area contributed by atoms with Gasteiger partial charge < -0.3 is 10.6 Å². The van der Waals surface area contributed by atoms with Gasteiger partial charge in [-0.1, -0.05) is 6.07 Å². The second-order valence-electron chi connectivity index (χ2n) is 4.84. The third kappa shape index (κ3) is 3.96. The third-order valence-corrected chi connectivity index (χ3v) is 4.23. The molecule has 5 nitrogen and oxygen atoms in total. The van der Waals surface area contributed by atoms with E-state index in [0.29, 0.717) is 13.0 Å². The first kappa shape index (κ1) is 13.9. The molecule has 1 amide bonds. The van der Waals surface area contributed by atoms with Crippen LogP contribution >= 0.6 is 0 Å². The van der Waals surface area contributed by atoms with Crippen molar-refractivity contribution < 1.29 is 13.2 Å². The molecule has 6 heteroatoms. The zero-order valence-electron chi connectivity index (χ0n) is 10.8. The maximum absolute atomic E-state index is 11.5. The molecule has 0 saturated carbocycles. The molecule has 0 radical (unpaired) electrons. The Bertz CT molecular complexity index is 569. The molecule has 19 heavy (non-hydrogen) atoms. The fourth-order valence-corrected chi connectivity index (χ4v) is 2.82. The average Bonchev–Trinajstić information content (AvgIpc) is 2.53. The number of carbonyl (C=O) groups is 1. The number of sulfone groups is 1. The lowest BCUT2D eigenvalue weighted by Gasteiger charge is -2.17. The van der Waals surface area contributed by atoms with Crippen molar-refractivity contribution in [2.24, 2.45) is 0 Å². The van der Waals surface area contributed by atoms with Crippen LogP contribution in [0.2, 0.25) is 0 Å². The molecule has 0 spiro atoms. The Hall–Kier alpha value is -1.56. The molecular formula is C13H18N2O3S. The minimum Gasteiger partial charge on any atom is -0.382 e. The molecule has 2 rings (SSSR count). The quantitative estimate of drug-likeness (QED) is 0.872. The number of anilines is 1. The number of hydrogen-bond donors (Lipinski definition) is 2. The molecule has 1 aromatic rings. The van der Waals surface area contributed by atoms with Crippen molar-refractivity contribution in [3.05, 3.63) is 24.3 Å². The van der Waals surface area contributed by atoms with Crippen molar-refractivity contribution in [3.63, 3.8) is 0 Å². The molecule has 1 fully saturated rings. The van der Waals surface area contributed by atoms with E-state index in [0.717, 1.165) is 18.5 Å². The van der Waals surface area contributed by atoms with Crippen molar-refractivity contribution in [1.82, 2.24) is 5.32 Å². The fourth-order valence-electron chi connectivity index (χ4n) is 2.15. The first-order valence-electron chi connectivity index (χ1n) is 6.28. The summed E-state index contributed by atoms with van der Waals surface area (Å²) in [6.45, 7) is 0.709. The largest absolute Gasteiger partial charge is 0.382 e. The normalized spacial score (nSPS) is 20.5. The van der Waals surface area contributed by atoms with Crippen LogP contribution in [0.4, 0.5) is 5.69 Å². The fraction of sp³-hybridized carbons (Fsp3) is 0.462. The van der Waals surface area contributed by atoms with Crippen molar-refractivity contribution in [2.45, 2.75) is 30.2 Å². The van der Waals surface area contributed by atoms with Gasteiger partial charge in [-0.05, 0) is 31.0 Å². The van der Waals surface area contributed by atoms with Crippen molar-refractivity contribution >= 4 is 21.4 Å². The van der Waals surface area contributed by atoms with Crippen LogP contribution in [0.3, 0.4) is 0 Å². The van der Waals surface area contributed by atoms with Gasteiger partial charge >= 0.3 is 0 Å². The summed E-state index contributed by atoms with van der Waals surface area (Å²) >= 11 is 0. The molecule has 1 aromatic carbocycles. The van der Waals surface area contributed by atoms with E-state index in [-0.39, 0.29) is 16.8 Å². The molecule has 1 saturated heterocycles. The van der Waals surface area contributed by atoms with Crippen LogP contribution in [0.25, 0.3) is 0 Å². The van der Waals surface area contributed by atoms with Gasteiger partial charge in [-0.3, -0.25) is 4.79 Å². The Balaban J connectivity index is 2.12. The highest BCUT2D eigenvalue weighted by Crippen LogP contribution is 2.18. The Morgan fingerprint density at radius 2 is 2.16 bits per heavy atom. The van der Waals surface area contributed by atoms with E-state index in [1.165, 1.54) is 6.26 Å². The second kappa shape index (κ2) is 5.61. The van der Waals surface area contributed by atoms with Gasteiger partial charge in [0, 0.05) is 31.0 Å². The summed E-state index contributed by atoms with van der Waals surface area (Å²) < 4.78 is 23.0. The zero-order chi connectivity index (χ0) is 13.9. The highest BCUT2D eigenvalue weighted by Gasteiger charge is 2.17. The number of amides is 1. The van der Waals surface area contributed by atoms with Gasteiger partial charge in [-0.2, -0.15) is 0 Å². The van der Waals surface area contributed by atoms with E-state index in [9.17, 15) is 13.2 Å². The predicted octanol–water partition coefficient (Wildman–Crippen LogP) is 1.17. The molecule has 0 aromatic heterocycles. The molecule has 1 aliphatic rings. The molecule has 0 aliphatic carbocycles. The molecule has 104 valence electrons. The van der Waals surface area contributed by atoms with Crippen molar-refractivity contribution in [3.8, 4) is 0 Å². The number of benzene rings is 1. The zero-order valence-corrected chi connectivity index (χ0v) is 11.7. The van der Waals surface area contributed by atoms with Gasteiger partial charge in [0.05, 0.1) is 4.90 Å². The molecule has 1 aliphatic heterocycles.